The number of ether oxygens (including phenoxy) is 1. The fourth-order valence-electron chi connectivity index (χ4n) is 3.00. The number of Topliss-reactive ketones (excluding diaryl/α,β-unsaturated/α-hetero) is 1. The molecule has 2 rings (SSSR count). The Morgan fingerprint density at radius 1 is 1.32 bits per heavy atom. The van der Waals surface area contributed by atoms with Crippen molar-refractivity contribution < 1.29 is 24.5 Å². The SMILES string of the molecule is CCCCN1C(=O)C(O)=C(C(=O)C(C)C)C1c1ccc(OC)c(O)c1. The molecule has 6 heteroatoms. The predicted molar refractivity (Wildman–Crippen MR) is 93.5 cm³/mol. The van der Waals surface area contributed by atoms with E-state index >= 15 is 0 Å². The number of carbonyl (C=O) groups is 2. The highest BCUT2D eigenvalue weighted by molar-refractivity contribution is 6.09. The summed E-state index contributed by atoms with van der Waals surface area (Å²) in [5.41, 5.74) is 0.663. The van der Waals surface area contributed by atoms with Crippen LogP contribution in [0, 0.1) is 5.92 Å². The first kappa shape index (κ1) is 18.8. The summed E-state index contributed by atoms with van der Waals surface area (Å²) in [7, 11) is 1.45. The standard InChI is InChI=1S/C19H25NO5/c1-5-6-9-20-16(12-7-8-14(25-4)13(21)10-12)15(17(22)11(2)3)18(23)19(20)24/h7-8,10-11,16,21,23H,5-6,9H2,1-4H3. The summed E-state index contributed by atoms with van der Waals surface area (Å²) in [6, 6.07) is 4.05. The summed E-state index contributed by atoms with van der Waals surface area (Å²) in [4.78, 5) is 26.6. The van der Waals surface area contributed by atoms with Crippen LogP contribution in [-0.4, -0.2) is 40.5 Å². The van der Waals surface area contributed by atoms with Gasteiger partial charge in [-0.1, -0.05) is 33.3 Å². The lowest BCUT2D eigenvalue weighted by molar-refractivity contribution is -0.129. The van der Waals surface area contributed by atoms with Crippen molar-refractivity contribution in [3.63, 3.8) is 0 Å². The van der Waals surface area contributed by atoms with Crippen molar-refractivity contribution in [2.75, 3.05) is 13.7 Å². The van der Waals surface area contributed by atoms with Gasteiger partial charge < -0.3 is 19.8 Å². The molecule has 0 saturated heterocycles. The van der Waals surface area contributed by atoms with Crippen LogP contribution in [0.15, 0.2) is 29.5 Å². The summed E-state index contributed by atoms with van der Waals surface area (Å²) >= 11 is 0. The van der Waals surface area contributed by atoms with Gasteiger partial charge in [-0.3, -0.25) is 9.59 Å². The second-order valence-electron chi connectivity index (χ2n) is 6.47. The number of nitrogens with zero attached hydrogens (tertiary/aromatic N) is 1. The average molecular weight is 347 g/mol. The highest BCUT2D eigenvalue weighted by Crippen LogP contribution is 2.41. The van der Waals surface area contributed by atoms with Crippen LogP contribution in [0.2, 0.25) is 0 Å². The summed E-state index contributed by atoms with van der Waals surface area (Å²) in [5, 5.41) is 20.4. The zero-order valence-electron chi connectivity index (χ0n) is 15.1. The number of carbonyl (C=O) groups excluding carboxylic acids is 2. The van der Waals surface area contributed by atoms with Crippen LogP contribution in [-0.2, 0) is 9.59 Å². The first-order valence-electron chi connectivity index (χ1n) is 8.48. The number of hydrogen-bond donors (Lipinski definition) is 2. The molecule has 0 aliphatic carbocycles. The number of amides is 1. The van der Waals surface area contributed by atoms with Crippen LogP contribution >= 0.6 is 0 Å². The van der Waals surface area contributed by atoms with E-state index in [2.05, 4.69) is 0 Å². The summed E-state index contributed by atoms with van der Waals surface area (Å²) in [5.74, 6) is -1.44. The zero-order valence-corrected chi connectivity index (χ0v) is 15.1. The van der Waals surface area contributed by atoms with Gasteiger partial charge in [0.05, 0.1) is 18.7 Å². The van der Waals surface area contributed by atoms with Crippen LogP contribution in [0.5, 0.6) is 11.5 Å². The number of ketones is 1. The molecule has 1 amide bonds. The number of unbranched alkanes of at least 4 members (excludes halogenated alkanes) is 1. The smallest absolute Gasteiger partial charge is 0.290 e. The molecule has 0 aromatic heterocycles. The summed E-state index contributed by atoms with van der Waals surface area (Å²) in [6.07, 6.45) is 1.62. The van der Waals surface area contributed by atoms with Gasteiger partial charge in [-0.05, 0) is 24.1 Å². The van der Waals surface area contributed by atoms with Crippen molar-refractivity contribution in [2.45, 2.75) is 39.7 Å². The van der Waals surface area contributed by atoms with Crippen molar-refractivity contribution in [3.05, 3.63) is 35.1 Å². The van der Waals surface area contributed by atoms with Gasteiger partial charge in [0, 0.05) is 12.5 Å². The maximum atomic E-state index is 12.6. The van der Waals surface area contributed by atoms with Gasteiger partial charge in [0.1, 0.15) is 0 Å². The van der Waals surface area contributed by atoms with E-state index in [4.69, 9.17) is 4.74 Å². The molecule has 1 aromatic rings. The number of benzene rings is 1. The highest BCUT2D eigenvalue weighted by Gasteiger charge is 2.43. The van der Waals surface area contributed by atoms with Gasteiger partial charge in [-0.15, -0.1) is 0 Å². The lowest BCUT2D eigenvalue weighted by atomic mass is 9.91. The number of aromatic hydroxyl groups is 1. The minimum atomic E-state index is -0.703. The van der Waals surface area contributed by atoms with Gasteiger partial charge in [-0.2, -0.15) is 0 Å². The van der Waals surface area contributed by atoms with Gasteiger partial charge in [0.15, 0.2) is 23.0 Å². The molecule has 2 N–H and O–H groups in total. The normalized spacial score (nSPS) is 17.6. The van der Waals surface area contributed by atoms with Crippen LogP contribution in [0.25, 0.3) is 0 Å². The third-order valence-electron chi connectivity index (χ3n) is 4.36. The molecule has 0 saturated carbocycles. The minimum Gasteiger partial charge on any atom is -0.504 e. The molecule has 1 heterocycles. The molecule has 1 aromatic carbocycles. The summed E-state index contributed by atoms with van der Waals surface area (Å²) < 4.78 is 5.05. The van der Waals surface area contributed by atoms with E-state index < -0.39 is 17.7 Å². The first-order valence-corrected chi connectivity index (χ1v) is 8.48. The predicted octanol–water partition coefficient (Wildman–Crippen LogP) is 3.12. The molecule has 0 bridgehead atoms. The van der Waals surface area contributed by atoms with Crippen LogP contribution in [0.1, 0.15) is 45.2 Å². The quantitative estimate of drug-likeness (QED) is 0.791. The second kappa shape index (κ2) is 7.59. The van der Waals surface area contributed by atoms with Crippen molar-refractivity contribution >= 4 is 11.7 Å². The Morgan fingerprint density at radius 3 is 2.52 bits per heavy atom. The highest BCUT2D eigenvalue weighted by atomic mass is 16.5. The third-order valence-corrected chi connectivity index (χ3v) is 4.36. The van der Waals surface area contributed by atoms with E-state index in [0.29, 0.717) is 17.9 Å². The molecule has 1 unspecified atom stereocenters. The molecule has 0 radical (unpaired) electrons. The molecule has 1 aliphatic rings. The molecular formula is C19H25NO5. The number of rotatable bonds is 7. The Balaban J connectivity index is 2.54. The third kappa shape index (κ3) is 3.48. The molecule has 136 valence electrons. The van der Waals surface area contributed by atoms with Gasteiger partial charge in [0.25, 0.3) is 5.91 Å². The van der Waals surface area contributed by atoms with E-state index in [0.717, 1.165) is 12.8 Å². The topological polar surface area (TPSA) is 87.1 Å². The maximum Gasteiger partial charge on any atom is 0.290 e. The molecular weight excluding hydrogens is 322 g/mol. The molecule has 0 spiro atoms. The first-order chi connectivity index (χ1) is 11.8. The largest absolute Gasteiger partial charge is 0.504 e. The van der Waals surface area contributed by atoms with Crippen molar-refractivity contribution in [1.82, 2.24) is 4.90 Å². The lowest BCUT2D eigenvalue weighted by Crippen LogP contribution is -2.32. The Labute approximate surface area is 147 Å². The summed E-state index contributed by atoms with van der Waals surface area (Å²) in [6.45, 7) is 5.88. The number of phenols is 1. The van der Waals surface area contributed by atoms with Crippen LogP contribution < -0.4 is 4.74 Å². The Bertz CT molecular complexity index is 708. The fraction of sp³-hybridized carbons (Fsp3) is 0.474. The molecule has 6 nitrogen and oxygen atoms in total. The Kier molecular flexibility index (Phi) is 5.72. The van der Waals surface area contributed by atoms with Crippen LogP contribution in [0.4, 0.5) is 0 Å². The van der Waals surface area contributed by atoms with Crippen molar-refractivity contribution in [2.24, 2.45) is 5.92 Å². The van der Waals surface area contributed by atoms with Gasteiger partial charge in [0.2, 0.25) is 0 Å². The molecule has 1 atom stereocenters. The van der Waals surface area contributed by atoms with E-state index in [1.807, 2.05) is 6.92 Å². The lowest BCUT2D eigenvalue weighted by Gasteiger charge is -2.27. The number of hydrogen-bond acceptors (Lipinski definition) is 5. The van der Waals surface area contributed by atoms with E-state index in [-0.39, 0.29) is 23.0 Å². The number of aliphatic hydroxyl groups is 1. The van der Waals surface area contributed by atoms with E-state index in [9.17, 15) is 19.8 Å². The molecule has 1 aliphatic heterocycles. The maximum absolute atomic E-state index is 12.6. The van der Waals surface area contributed by atoms with E-state index in [1.54, 1.807) is 26.0 Å². The van der Waals surface area contributed by atoms with Crippen molar-refractivity contribution in [3.8, 4) is 11.5 Å². The van der Waals surface area contributed by atoms with E-state index in [1.165, 1.54) is 18.1 Å². The zero-order chi connectivity index (χ0) is 18.7. The number of methoxy groups -OCH3 is 1. The van der Waals surface area contributed by atoms with Gasteiger partial charge >= 0.3 is 0 Å². The Morgan fingerprint density at radius 2 is 2.00 bits per heavy atom. The van der Waals surface area contributed by atoms with Gasteiger partial charge in [-0.25, -0.2) is 0 Å². The Hall–Kier alpha value is -2.50. The number of aliphatic hydroxyl groups excluding tert-OH is 1. The fourth-order valence-corrected chi connectivity index (χ4v) is 3.00. The van der Waals surface area contributed by atoms with Crippen molar-refractivity contribution in [1.29, 1.82) is 0 Å². The monoisotopic (exact) mass is 347 g/mol. The molecule has 0 fully saturated rings. The second-order valence-corrected chi connectivity index (χ2v) is 6.47. The average Bonchev–Trinajstić information content (AvgIpc) is 2.83. The minimum absolute atomic E-state index is 0.0781. The van der Waals surface area contributed by atoms with Crippen LogP contribution in [0.3, 0.4) is 0 Å². The molecule has 25 heavy (non-hydrogen) atoms. The number of phenolic OH excluding ortho intramolecular Hbond substituents is 1.